The van der Waals surface area contributed by atoms with Crippen molar-refractivity contribution < 1.29 is 42.2 Å². The van der Waals surface area contributed by atoms with Crippen molar-refractivity contribution in [1.29, 1.82) is 0 Å². The number of hydrogen-bond donors (Lipinski definition) is 0. The third-order valence-corrected chi connectivity index (χ3v) is 2.05. The second-order valence-corrected chi connectivity index (χ2v) is 2.90. The normalized spacial score (nSPS) is 18.3. The Labute approximate surface area is 98.7 Å². The Balaban J connectivity index is 0.00000121. The third kappa shape index (κ3) is 3.40. The minimum Gasteiger partial charge on any atom is -0.453 e. The molecule has 1 radical (unpaired) electrons. The van der Waals surface area contributed by atoms with Gasteiger partial charge in [0.15, 0.2) is 0 Å². The van der Waals surface area contributed by atoms with E-state index in [2.05, 4.69) is 11.7 Å². The number of amides is 1. The van der Waals surface area contributed by atoms with E-state index in [9.17, 15) is 4.79 Å². The summed E-state index contributed by atoms with van der Waals surface area (Å²) in [5.41, 5.74) is 0. The number of rotatable bonds is 0. The molecule has 0 N–H and O–H groups in total. The maximum atomic E-state index is 11.0. The summed E-state index contributed by atoms with van der Waals surface area (Å²) in [5, 5.41) is 0. The van der Waals surface area contributed by atoms with Gasteiger partial charge in [0.25, 0.3) is 0 Å². The zero-order chi connectivity index (χ0) is 8.27. The summed E-state index contributed by atoms with van der Waals surface area (Å²) in [6.07, 6.45) is 1.78. The molecule has 0 aromatic carbocycles. The Hall–Kier alpha value is 0.374. The van der Waals surface area contributed by atoms with Gasteiger partial charge in [-0.05, 0) is 0 Å². The van der Waals surface area contributed by atoms with Crippen LogP contribution < -0.4 is 0 Å². The predicted molar refractivity (Wildman–Crippen MR) is 42.1 cm³/mol. The number of carbonyl (C=O) groups excluding carboxylic acids is 1. The SMILES string of the molecule is [CH2-]C1CCN(C(=O)OC)CC1.[Y]. The van der Waals surface area contributed by atoms with E-state index in [1.807, 2.05) is 0 Å². The molecule has 0 aromatic rings. The number of ether oxygens (including phenoxy) is 1. The average Bonchev–Trinajstić information content (AvgIpc) is 2.05. The van der Waals surface area contributed by atoms with Crippen LogP contribution in [0.3, 0.4) is 0 Å². The molecule has 0 saturated carbocycles. The van der Waals surface area contributed by atoms with Gasteiger partial charge in [0.05, 0.1) is 7.11 Å². The molecule has 0 atom stereocenters. The van der Waals surface area contributed by atoms with Crippen molar-refractivity contribution in [3.8, 4) is 0 Å². The fourth-order valence-corrected chi connectivity index (χ4v) is 1.24. The standard InChI is InChI=1S/C8H14NO2.Y/c1-7-3-5-9(6-4-7)8(10)11-2;/h7H,1,3-6H2,2H3;/q-1;. The van der Waals surface area contributed by atoms with Gasteiger partial charge in [0, 0.05) is 45.8 Å². The molecule has 4 heteroatoms. The Morgan fingerprint density at radius 3 is 2.42 bits per heavy atom. The van der Waals surface area contributed by atoms with Crippen molar-refractivity contribution in [3.63, 3.8) is 0 Å². The van der Waals surface area contributed by atoms with E-state index >= 15 is 0 Å². The van der Waals surface area contributed by atoms with Gasteiger partial charge >= 0.3 is 6.09 Å². The van der Waals surface area contributed by atoms with Crippen molar-refractivity contribution in [1.82, 2.24) is 4.90 Å². The van der Waals surface area contributed by atoms with Crippen LogP contribution in [-0.2, 0) is 37.4 Å². The number of likely N-dealkylation sites (tertiary alicyclic amines) is 1. The fraction of sp³-hybridized carbons (Fsp3) is 0.750. The quantitative estimate of drug-likeness (QED) is 0.602. The maximum Gasteiger partial charge on any atom is 0.409 e. The Kier molecular flexibility index (Phi) is 6.11. The van der Waals surface area contributed by atoms with Crippen LogP contribution in [0, 0.1) is 12.8 Å². The summed E-state index contributed by atoms with van der Waals surface area (Å²) in [6, 6.07) is 0. The first-order chi connectivity index (χ1) is 5.24. The summed E-state index contributed by atoms with van der Waals surface area (Å²) in [6.45, 7) is 5.52. The zero-order valence-electron chi connectivity index (χ0n) is 7.45. The van der Waals surface area contributed by atoms with Crippen molar-refractivity contribution in [2.45, 2.75) is 12.8 Å². The van der Waals surface area contributed by atoms with Crippen LogP contribution in [0.15, 0.2) is 0 Å². The fourth-order valence-electron chi connectivity index (χ4n) is 1.24. The number of carbonyl (C=O) groups is 1. The number of piperidine rings is 1. The molecule has 0 spiro atoms. The topological polar surface area (TPSA) is 29.5 Å². The maximum absolute atomic E-state index is 11.0. The van der Waals surface area contributed by atoms with Gasteiger partial charge in [0.2, 0.25) is 0 Å². The van der Waals surface area contributed by atoms with Crippen LogP contribution in [-0.4, -0.2) is 31.2 Å². The van der Waals surface area contributed by atoms with Gasteiger partial charge in [-0.3, -0.25) is 0 Å². The van der Waals surface area contributed by atoms with Crippen molar-refractivity contribution in [2.24, 2.45) is 5.92 Å². The molecule has 1 fully saturated rings. The first-order valence-corrected chi connectivity index (χ1v) is 3.90. The molecule has 1 heterocycles. The largest absolute Gasteiger partial charge is 0.453 e. The molecule has 1 aliphatic rings. The second kappa shape index (κ2) is 5.92. The molecule has 1 amide bonds. The summed E-state index contributed by atoms with van der Waals surface area (Å²) >= 11 is 0. The smallest absolute Gasteiger partial charge is 0.409 e. The summed E-state index contributed by atoms with van der Waals surface area (Å²) in [5.74, 6) is 0.510. The van der Waals surface area contributed by atoms with Gasteiger partial charge in [-0.2, -0.15) is 5.92 Å². The van der Waals surface area contributed by atoms with Gasteiger partial charge < -0.3 is 16.6 Å². The minimum absolute atomic E-state index is 0. The first kappa shape index (κ1) is 12.4. The third-order valence-electron chi connectivity index (χ3n) is 2.05. The van der Waals surface area contributed by atoms with Crippen LogP contribution in [0.25, 0.3) is 0 Å². The van der Waals surface area contributed by atoms with E-state index in [-0.39, 0.29) is 38.8 Å². The molecule has 1 rings (SSSR count). The molecule has 67 valence electrons. The summed E-state index contributed by atoms with van der Waals surface area (Å²) in [4.78, 5) is 12.7. The molecule has 1 aliphatic heterocycles. The summed E-state index contributed by atoms with van der Waals surface area (Å²) < 4.78 is 4.59. The predicted octanol–water partition coefficient (Wildman–Crippen LogP) is 1.30. The second-order valence-electron chi connectivity index (χ2n) is 2.90. The number of hydrogen-bond acceptors (Lipinski definition) is 2. The monoisotopic (exact) mass is 245 g/mol. The first-order valence-electron chi connectivity index (χ1n) is 3.90. The van der Waals surface area contributed by atoms with Crippen LogP contribution in [0.4, 0.5) is 4.79 Å². The molecule has 12 heavy (non-hydrogen) atoms. The Bertz CT molecular complexity index is 144. The molecule has 3 nitrogen and oxygen atoms in total. The van der Waals surface area contributed by atoms with Crippen LogP contribution >= 0.6 is 0 Å². The molecular formula is C8H14NO2Y-. The number of nitrogens with zero attached hydrogens (tertiary/aromatic N) is 1. The van der Waals surface area contributed by atoms with Crippen LogP contribution in [0.5, 0.6) is 0 Å². The van der Waals surface area contributed by atoms with Crippen LogP contribution in [0.2, 0.25) is 0 Å². The number of methoxy groups -OCH3 is 1. The van der Waals surface area contributed by atoms with Gasteiger partial charge in [-0.15, -0.1) is 0 Å². The minimum atomic E-state index is -0.211. The van der Waals surface area contributed by atoms with Gasteiger partial charge in [-0.1, -0.05) is 12.8 Å². The zero-order valence-corrected chi connectivity index (χ0v) is 10.3. The molecular weight excluding hydrogens is 231 g/mol. The Morgan fingerprint density at radius 2 is 2.00 bits per heavy atom. The molecule has 0 bridgehead atoms. The Morgan fingerprint density at radius 1 is 1.50 bits per heavy atom. The van der Waals surface area contributed by atoms with Crippen LogP contribution in [0.1, 0.15) is 12.8 Å². The average molecular weight is 245 g/mol. The van der Waals surface area contributed by atoms with E-state index in [0.717, 1.165) is 25.9 Å². The van der Waals surface area contributed by atoms with Crippen molar-refractivity contribution >= 4 is 6.09 Å². The molecule has 0 aliphatic carbocycles. The van der Waals surface area contributed by atoms with E-state index < -0.39 is 0 Å². The van der Waals surface area contributed by atoms with E-state index in [4.69, 9.17) is 0 Å². The van der Waals surface area contributed by atoms with Gasteiger partial charge in [0.1, 0.15) is 0 Å². The summed E-state index contributed by atoms with van der Waals surface area (Å²) in [7, 11) is 1.42. The van der Waals surface area contributed by atoms with Crippen molar-refractivity contribution in [2.75, 3.05) is 20.2 Å². The van der Waals surface area contributed by atoms with E-state index in [1.54, 1.807) is 4.90 Å². The van der Waals surface area contributed by atoms with Crippen molar-refractivity contribution in [3.05, 3.63) is 6.92 Å². The van der Waals surface area contributed by atoms with Gasteiger partial charge in [-0.25, -0.2) is 4.79 Å². The molecule has 0 unspecified atom stereocenters. The van der Waals surface area contributed by atoms with E-state index in [0.29, 0.717) is 5.92 Å². The van der Waals surface area contributed by atoms with E-state index in [1.165, 1.54) is 7.11 Å². The molecule has 1 saturated heterocycles. The molecule has 0 aromatic heterocycles.